The summed E-state index contributed by atoms with van der Waals surface area (Å²) in [5, 5.41) is 0.698. The summed E-state index contributed by atoms with van der Waals surface area (Å²) in [5.41, 5.74) is 10.1. The maximum Gasteiger partial charge on any atom is 0.261 e. The molecule has 0 bridgehead atoms. The third-order valence-corrected chi connectivity index (χ3v) is 6.64. The summed E-state index contributed by atoms with van der Waals surface area (Å²) >= 11 is 0. The summed E-state index contributed by atoms with van der Waals surface area (Å²) in [7, 11) is 4.06. The second-order valence-electron chi connectivity index (χ2n) is 9.36. The van der Waals surface area contributed by atoms with Gasteiger partial charge in [0.2, 0.25) is 0 Å². The average molecular weight is 431 g/mol. The van der Waals surface area contributed by atoms with Crippen LogP contribution in [0.5, 0.6) is 0 Å². The van der Waals surface area contributed by atoms with Gasteiger partial charge in [0, 0.05) is 26.3 Å². The predicted octanol–water partition coefficient (Wildman–Crippen LogP) is 4.71. The normalized spacial score (nSPS) is 19.0. The maximum absolute atomic E-state index is 13.5. The largest absolute Gasteiger partial charge is 0.378 e. The van der Waals surface area contributed by atoms with E-state index in [0.717, 1.165) is 47.5 Å². The minimum atomic E-state index is 0.0520. The van der Waals surface area contributed by atoms with Crippen LogP contribution in [0.2, 0.25) is 0 Å². The summed E-state index contributed by atoms with van der Waals surface area (Å²) < 4.78 is 1.88. The quantitative estimate of drug-likeness (QED) is 0.615. The number of hydrogen-bond acceptors (Lipinski definition) is 4. The van der Waals surface area contributed by atoms with Crippen LogP contribution in [0.3, 0.4) is 0 Å². The van der Waals surface area contributed by atoms with Crippen LogP contribution < -0.4 is 16.2 Å². The first-order chi connectivity index (χ1) is 15.4. The second kappa shape index (κ2) is 9.70. The van der Waals surface area contributed by atoms with Crippen molar-refractivity contribution in [3.05, 3.63) is 69.8 Å². The first-order valence-corrected chi connectivity index (χ1v) is 11.6. The summed E-state index contributed by atoms with van der Waals surface area (Å²) in [6.07, 6.45) is 8.64. The molecule has 1 heterocycles. The van der Waals surface area contributed by atoms with E-state index in [2.05, 4.69) is 29.2 Å². The van der Waals surface area contributed by atoms with Crippen molar-refractivity contribution in [2.45, 2.75) is 39.2 Å². The topological polar surface area (TPSA) is 64.2 Å². The van der Waals surface area contributed by atoms with Crippen molar-refractivity contribution in [1.82, 2.24) is 9.55 Å². The SMILES string of the molecule is Cc1ccc2nc(C=Cc3ccc(N(C)C)cc3)n(CC3CCCC(CN)C3)c(=O)c2c1. The fraction of sp³-hybridized carbons (Fsp3) is 0.407. The Kier molecular flexibility index (Phi) is 6.75. The fourth-order valence-electron chi connectivity index (χ4n) is 4.75. The van der Waals surface area contributed by atoms with E-state index >= 15 is 0 Å². The molecule has 1 aliphatic carbocycles. The standard InChI is InChI=1S/C27H34N4O/c1-19-7-13-25-24(15-19)27(32)31(18-22-6-4-5-21(16-22)17-28)26(29-25)14-10-20-8-11-23(12-9-20)30(2)3/h7-15,21-22H,4-6,16-18,28H2,1-3H3. The van der Waals surface area contributed by atoms with Gasteiger partial charge in [-0.3, -0.25) is 9.36 Å². The summed E-state index contributed by atoms with van der Waals surface area (Å²) in [6, 6.07) is 14.3. The molecule has 1 saturated carbocycles. The van der Waals surface area contributed by atoms with Crippen LogP contribution in [-0.2, 0) is 6.54 Å². The number of nitrogens with two attached hydrogens (primary N) is 1. The van der Waals surface area contributed by atoms with Crippen LogP contribution in [0, 0.1) is 18.8 Å². The molecular formula is C27H34N4O. The minimum Gasteiger partial charge on any atom is -0.378 e. The number of benzene rings is 2. The zero-order chi connectivity index (χ0) is 22.7. The lowest BCUT2D eigenvalue weighted by Gasteiger charge is -2.29. The molecule has 0 radical (unpaired) electrons. The van der Waals surface area contributed by atoms with E-state index in [4.69, 9.17) is 10.7 Å². The molecule has 1 aliphatic rings. The number of nitrogens with zero attached hydrogens (tertiary/aromatic N) is 3. The van der Waals surface area contributed by atoms with Gasteiger partial charge in [0.05, 0.1) is 10.9 Å². The van der Waals surface area contributed by atoms with Gasteiger partial charge in [-0.2, -0.15) is 0 Å². The van der Waals surface area contributed by atoms with Crippen LogP contribution in [-0.4, -0.2) is 30.2 Å². The Labute approximate surface area is 190 Å². The van der Waals surface area contributed by atoms with Gasteiger partial charge >= 0.3 is 0 Å². The lowest BCUT2D eigenvalue weighted by molar-refractivity contribution is 0.245. The molecule has 0 aliphatic heterocycles. The van der Waals surface area contributed by atoms with Gasteiger partial charge in [-0.1, -0.05) is 36.3 Å². The molecule has 2 unspecified atom stereocenters. The second-order valence-corrected chi connectivity index (χ2v) is 9.36. The highest BCUT2D eigenvalue weighted by Crippen LogP contribution is 2.29. The van der Waals surface area contributed by atoms with Crippen LogP contribution in [0.25, 0.3) is 23.1 Å². The van der Waals surface area contributed by atoms with Crippen molar-refractivity contribution in [1.29, 1.82) is 0 Å². The number of aromatic nitrogens is 2. The molecule has 4 rings (SSSR count). The molecule has 32 heavy (non-hydrogen) atoms. The molecule has 5 heteroatoms. The van der Waals surface area contributed by atoms with E-state index in [1.807, 2.05) is 55.9 Å². The van der Waals surface area contributed by atoms with Gasteiger partial charge in [0.15, 0.2) is 0 Å². The molecule has 2 aromatic carbocycles. The third kappa shape index (κ3) is 4.94. The summed E-state index contributed by atoms with van der Waals surface area (Å²) in [5.74, 6) is 1.75. The molecule has 5 nitrogen and oxygen atoms in total. The Morgan fingerprint density at radius 1 is 1.09 bits per heavy atom. The predicted molar refractivity (Wildman–Crippen MR) is 135 cm³/mol. The Bertz CT molecular complexity index is 1160. The maximum atomic E-state index is 13.5. The van der Waals surface area contributed by atoms with Gasteiger partial charge in [-0.25, -0.2) is 4.98 Å². The van der Waals surface area contributed by atoms with E-state index in [1.54, 1.807) is 0 Å². The number of hydrogen-bond donors (Lipinski definition) is 1. The van der Waals surface area contributed by atoms with Crippen LogP contribution >= 0.6 is 0 Å². The smallest absolute Gasteiger partial charge is 0.261 e. The zero-order valence-corrected chi connectivity index (χ0v) is 19.4. The molecule has 1 aromatic heterocycles. The van der Waals surface area contributed by atoms with Crippen LogP contribution in [0.4, 0.5) is 5.69 Å². The van der Waals surface area contributed by atoms with Crippen LogP contribution in [0.15, 0.2) is 47.3 Å². The van der Waals surface area contributed by atoms with Crippen molar-refractivity contribution in [3.63, 3.8) is 0 Å². The highest BCUT2D eigenvalue weighted by Gasteiger charge is 2.23. The van der Waals surface area contributed by atoms with E-state index in [0.29, 0.717) is 23.8 Å². The van der Waals surface area contributed by atoms with Gasteiger partial charge < -0.3 is 10.6 Å². The number of aryl methyl sites for hydroxylation is 1. The lowest BCUT2D eigenvalue weighted by atomic mass is 9.81. The fourth-order valence-corrected chi connectivity index (χ4v) is 4.75. The molecule has 0 saturated heterocycles. The zero-order valence-electron chi connectivity index (χ0n) is 19.4. The van der Waals surface area contributed by atoms with Gasteiger partial charge in [-0.15, -0.1) is 0 Å². The molecule has 0 spiro atoms. The van der Waals surface area contributed by atoms with Crippen molar-refractivity contribution >= 4 is 28.7 Å². The molecule has 168 valence electrons. The summed E-state index contributed by atoms with van der Waals surface area (Å²) in [4.78, 5) is 20.5. The van der Waals surface area contributed by atoms with E-state index in [-0.39, 0.29) is 5.56 Å². The van der Waals surface area contributed by atoms with Gasteiger partial charge in [-0.05, 0) is 80.5 Å². The molecule has 2 N–H and O–H groups in total. The van der Waals surface area contributed by atoms with E-state index in [9.17, 15) is 4.79 Å². The molecule has 1 fully saturated rings. The Hall–Kier alpha value is -2.92. The van der Waals surface area contributed by atoms with Crippen LogP contribution in [0.1, 0.15) is 42.6 Å². The number of fused-ring (bicyclic) bond motifs is 1. The lowest BCUT2D eigenvalue weighted by Crippen LogP contribution is -2.31. The van der Waals surface area contributed by atoms with E-state index in [1.165, 1.54) is 12.8 Å². The monoisotopic (exact) mass is 430 g/mol. The van der Waals surface area contributed by atoms with E-state index < -0.39 is 0 Å². The first kappa shape index (κ1) is 22.3. The Morgan fingerprint density at radius 3 is 2.56 bits per heavy atom. The highest BCUT2D eigenvalue weighted by molar-refractivity contribution is 5.80. The summed E-state index contributed by atoms with van der Waals surface area (Å²) in [6.45, 7) is 3.45. The molecular weight excluding hydrogens is 396 g/mol. The highest BCUT2D eigenvalue weighted by atomic mass is 16.1. The van der Waals surface area contributed by atoms with Gasteiger partial charge in [0.25, 0.3) is 5.56 Å². The van der Waals surface area contributed by atoms with Crippen molar-refractivity contribution in [3.8, 4) is 0 Å². The van der Waals surface area contributed by atoms with Crippen molar-refractivity contribution < 1.29 is 0 Å². The Balaban J connectivity index is 1.71. The molecule has 2 atom stereocenters. The molecule has 3 aromatic rings. The van der Waals surface area contributed by atoms with Crippen molar-refractivity contribution in [2.75, 3.05) is 25.5 Å². The van der Waals surface area contributed by atoms with Gasteiger partial charge in [0.1, 0.15) is 5.82 Å². The minimum absolute atomic E-state index is 0.0520. The third-order valence-electron chi connectivity index (χ3n) is 6.64. The first-order valence-electron chi connectivity index (χ1n) is 11.6. The average Bonchev–Trinajstić information content (AvgIpc) is 2.80. The Morgan fingerprint density at radius 2 is 1.84 bits per heavy atom. The molecule has 0 amide bonds. The number of rotatable bonds is 6. The number of anilines is 1. The van der Waals surface area contributed by atoms with Crippen molar-refractivity contribution in [2.24, 2.45) is 17.6 Å².